The highest BCUT2D eigenvalue weighted by molar-refractivity contribution is 7.26. The van der Waals surface area contributed by atoms with Crippen molar-refractivity contribution in [3.63, 3.8) is 0 Å². The average Bonchev–Trinajstić information content (AvgIpc) is 3.85. The Bertz CT molecular complexity index is 3110. The lowest BCUT2D eigenvalue weighted by molar-refractivity contribution is 0.794. The fourth-order valence-corrected chi connectivity index (χ4v) is 11.0. The highest BCUT2D eigenvalue weighted by Gasteiger charge is 2.52. The molecule has 3 heteroatoms. The van der Waals surface area contributed by atoms with Crippen LogP contribution in [-0.4, -0.2) is 9.97 Å². The molecule has 0 atom stereocenters. The maximum Gasteiger partial charge on any atom is 0.0802 e. The SMILES string of the molecule is c1ccc2c(c1)-c1ccccc1C21c2ccccc2-c2c(-c3cccc4c3sc3c(-c5ccnc6ccc7cccnc7c56)cccc34)cccc21. The number of benzene rings is 7. The molecule has 52 heavy (non-hydrogen) atoms. The molecule has 1 spiro atoms. The van der Waals surface area contributed by atoms with Gasteiger partial charge >= 0.3 is 0 Å². The molecular weight excluding hydrogens is 649 g/mol. The van der Waals surface area contributed by atoms with Gasteiger partial charge in [-0.25, -0.2) is 0 Å². The van der Waals surface area contributed by atoms with E-state index >= 15 is 0 Å². The van der Waals surface area contributed by atoms with E-state index in [1.807, 2.05) is 29.8 Å². The van der Waals surface area contributed by atoms with Crippen LogP contribution < -0.4 is 0 Å². The minimum atomic E-state index is -0.366. The lowest BCUT2D eigenvalue weighted by Crippen LogP contribution is -2.25. The lowest BCUT2D eigenvalue weighted by atomic mass is 9.70. The van der Waals surface area contributed by atoms with Crippen LogP contribution in [0.3, 0.4) is 0 Å². The molecule has 0 radical (unpaired) electrons. The largest absolute Gasteiger partial charge is 0.256 e. The van der Waals surface area contributed by atoms with Crippen molar-refractivity contribution in [1.29, 1.82) is 0 Å². The van der Waals surface area contributed by atoms with Gasteiger partial charge in [0.15, 0.2) is 0 Å². The summed E-state index contributed by atoms with van der Waals surface area (Å²) in [7, 11) is 0. The predicted octanol–water partition coefficient (Wildman–Crippen LogP) is 12.8. The Balaban J connectivity index is 1.15. The van der Waals surface area contributed by atoms with Gasteiger partial charge in [0.2, 0.25) is 0 Å². The van der Waals surface area contributed by atoms with Gasteiger partial charge in [0.1, 0.15) is 0 Å². The van der Waals surface area contributed by atoms with Gasteiger partial charge in [0.25, 0.3) is 0 Å². The fraction of sp³-hybridized carbons (Fsp3) is 0.0204. The Morgan fingerprint density at radius 2 is 0.962 bits per heavy atom. The van der Waals surface area contributed by atoms with Gasteiger partial charge < -0.3 is 0 Å². The molecule has 12 rings (SSSR count). The van der Waals surface area contributed by atoms with Crippen LogP contribution in [0, 0.1) is 0 Å². The number of aromatic nitrogens is 2. The molecule has 3 aromatic heterocycles. The first kappa shape index (κ1) is 28.3. The van der Waals surface area contributed by atoms with Crippen molar-refractivity contribution >= 4 is 53.3 Å². The Kier molecular flexibility index (Phi) is 5.62. The van der Waals surface area contributed by atoms with E-state index in [4.69, 9.17) is 9.97 Å². The van der Waals surface area contributed by atoms with Gasteiger partial charge in [-0.2, -0.15) is 0 Å². The molecule has 0 aliphatic heterocycles. The number of thiophene rings is 1. The number of rotatable bonds is 2. The molecule has 0 fully saturated rings. The first-order valence-corrected chi connectivity index (χ1v) is 18.6. The number of pyridine rings is 2. The summed E-state index contributed by atoms with van der Waals surface area (Å²) >= 11 is 1.91. The molecular formula is C49H28N2S. The summed E-state index contributed by atoms with van der Waals surface area (Å²) in [5, 5.41) is 4.79. The van der Waals surface area contributed by atoms with Crippen molar-refractivity contribution in [1.82, 2.24) is 9.97 Å². The summed E-state index contributed by atoms with van der Waals surface area (Å²) in [6, 6.07) is 58.4. The van der Waals surface area contributed by atoms with Crippen LogP contribution >= 0.6 is 11.3 Å². The smallest absolute Gasteiger partial charge is 0.0802 e. The van der Waals surface area contributed by atoms with E-state index in [1.165, 1.54) is 86.9 Å². The van der Waals surface area contributed by atoms with Crippen molar-refractivity contribution < 1.29 is 0 Å². The summed E-state index contributed by atoms with van der Waals surface area (Å²) in [6.45, 7) is 0. The Morgan fingerprint density at radius 3 is 1.69 bits per heavy atom. The van der Waals surface area contributed by atoms with E-state index in [1.54, 1.807) is 0 Å². The van der Waals surface area contributed by atoms with E-state index in [2.05, 4.69) is 152 Å². The van der Waals surface area contributed by atoms with Gasteiger partial charge in [-0.15, -0.1) is 11.3 Å². The van der Waals surface area contributed by atoms with Crippen LogP contribution in [0.2, 0.25) is 0 Å². The van der Waals surface area contributed by atoms with E-state index in [0.29, 0.717) is 0 Å². The van der Waals surface area contributed by atoms with Crippen LogP contribution in [0.1, 0.15) is 22.3 Å². The van der Waals surface area contributed by atoms with Crippen molar-refractivity contribution in [3.05, 3.63) is 192 Å². The lowest BCUT2D eigenvalue weighted by Gasteiger charge is -2.30. The molecule has 0 N–H and O–H groups in total. The molecule has 240 valence electrons. The molecule has 2 aliphatic rings. The van der Waals surface area contributed by atoms with Crippen LogP contribution in [-0.2, 0) is 5.41 Å². The van der Waals surface area contributed by atoms with Gasteiger partial charge in [0, 0.05) is 54.5 Å². The third-order valence-electron chi connectivity index (χ3n) is 11.6. The molecule has 3 heterocycles. The van der Waals surface area contributed by atoms with Crippen LogP contribution in [0.25, 0.3) is 86.5 Å². The Morgan fingerprint density at radius 1 is 0.385 bits per heavy atom. The third kappa shape index (κ3) is 3.48. The number of fused-ring (bicyclic) bond motifs is 16. The first-order valence-electron chi connectivity index (χ1n) is 17.8. The number of nitrogens with zero attached hydrogens (tertiary/aromatic N) is 2. The van der Waals surface area contributed by atoms with Crippen molar-refractivity contribution in [2.75, 3.05) is 0 Å². The van der Waals surface area contributed by atoms with E-state index in [-0.39, 0.29) is 5.41 Å². The fourth-order valence-electron chi connectivity index (χ4n) is 9.62. The first-order chi connectivity index (χ1) is 25.8. The normalized spacial score (nSPS) is 13.5. The number of hydrogen-bond donors (Lipinski definition) is 0. The highest BCUT2D eigenvalue weighted by atomic mass is 32.1. The molecule has 0 amide bonds. The van der Waals surface area contributed by atoms with Crippen molar-refractivity contribution in [3.8, 4) is 44.5 Å². The predicted molar refractivity (Wildman–Crippen MR) is 217 cm³/mol. The van der Waals surface area contributed by atoms with E-state index < -0.39 is 0 Å². The summed E-state index contributed by atoms with van der Waals surface area (Å²) < 4.78 is 2.60. The van der Waals surface area contributed by atoms with Gasteiger partial charge in [-0.05, 0) is 73.8 Å². The Hall–Kier alpha value is -6.42. The topological polar surface area (TPSA) is 25.8 Å². The van der Waals surface area contributed by atoms with Crippen molar-refractivity contribution in [2.24, 2.45) is 0 Å². The van der Waals surface area contributed by atoms with Crippen molar-refractivity contribution in [2.45, 2.75) is 5.41 Å². The van der Waals surface area contributed by atoms with Crippen LogP contribution in [0.5, 0.6) is 0 Å². The number of hydrogen-bond acceptors (Lipinski definition) is 3. The molecule has 0 saturated carbocycles. The molecule has 0 unspecified atom stereocenters. The quantitative estimate of drug-likeness (QED) is 0.170. The molecule has 7 aromatic carbocycles. The molecule has 0 bridgehead atoms. The second-order valence-electron chi connectivity index (χ2n) is 14.0. The summed E-state index contributed by atoms with van der Waals surface area (Å²) in [5.74, 6) is 0. The maximum atomic E-state index is 4.85. The zero-order valence-electron chi connectivity index (χ0n) is 28.0. The van der Waals surface area contributed by atoms with E-state index in [9.17, 15) is 0 Å². The highest BCUT2D eigenvalue weighted by Crippen LogP contribution is 2.64. The average molecular weight is 677 g/mol. The summed E-state index contributed by atoms with van der Waals surface area (Å²) in [6.07, 6.45) is 3.82. The van der Waals surface area contributed by atoms with Gasteiger partial charge in [-0.1, -0.05) is 140 Å². The minimum absolute atomic E-state index is 0.366. The molecule has 10 aromatic rings. The zero-order valence-corrected chi connectivity index (χ0v) is 28.8. The van der Waals surface area contributed by atoms with Gasteiger partial charge in [0.05, 0.1) is 16.4 Å². The standard InChI is InChI=1S/C49H28N2S/c1-4-20-39-30(12-1)31-13-2-5-21-40(31)49(39)41-22-6-3-14-38(41)44-32(15-9-23-42(44)49)34-16-7-18-36-37-19-8-17-35(48(37)52-47(34)36)33-26-28-50-43-25-24-29-11-10-27-51-46(29)45(33)43/h1-28H. The summed E-state index contributed by atoms with van der Waals surface area (Å²) in [5.41, 5.74) is 17.3. The Labute approximate surface area is 304 Å². The molecule has 2 nitrogen and oxygen atoms in total. The third-order valence-corrected chi connectivity index (χ3v) is 12.9. The van der Waals surface area contributed by atoms with Crippen LogP contribution in [0.4, 0.5) is 0 Å². The molecule has 0 saturated heterocycles. The van der Waals surface area contributed by atoms with Crippen LogP contribution in [0.15, 0.2) is 170 Å². The summed E-state index contributed by atoms with van der Waals surface area (Å²) in [4.78, 5) is 9.61. The maximum absolute atomic E-state index is 4.85. The molecule has 2 aliphatic carbocycles. The second kappa shape index (κ2) is 10.3. The monoisotopic (exact) mass is 676 g/mol. The van der Waals surface area contributed by atoms with Gasteiger partial charge in [-0.3, -0.25) is 9.97 Å². The van der Waals surface area contributed by atoms with E-state index in [0.717, 1.165) is 21.8 Å². The zero-order chi connectivity index (χ0) is 34.0. The second-order valence-corrected chi connectivity index (χ2v) is 15.0. The minimum Gasteiger partial charge on any atom is -0.256 e.